The summed E-state index contributed by atoms with van der Waals surface area (Å²) >= 11 is 0. The van der Waals surface area contributed by atoms with Crippen LogP contribution >= 0.6 is 0 Å². The van der Waals surface area contributed by atoms with Gasteiger partial charge in [-0.05, 0) is 39.2 Å². The molecule has 2 rings (SSSR count). The van der Waals surface area contributed by atoms with Gasteiger partial charge in [0.15, 0.2) is 0 Å². The number of hydrogen-bond acceptors (Lipinski definition) is 3. The number of ether oxygens (including phenoxy) is 1. The molecule has 1 heterocycles. The molecule has 0 amide bonds. The second-order valence-corrected chi connectivity index (χ2v) is 5.58. The maximum atomic E-state index is 5.59. The van der Waals surface area contributed by atoms with Crippen LogP contribution in [0.1, 0.15) is 33.6 Å². The van der Waals surface area contributed by atoms with E-state index in [2.05, 4.69) is 31.0 Å². The minimum atomic E-state index is 0.403. The molecule has 3 heteroatoms. The molecular formula is C13H26N2O. The lowest BCUT2D eigenvalue weighted by atomic mass is 10.0. The zero-order valence-electron chi connectivity index (χ0n) is 10.9. The second-order valence-electron chi connectivity index (χ2n) is 5.58. The average molecular weight is 226 g/mol. The molecule has 16 heavy (non-hydrogen) atoms. The molecule has 3 nitrogen and oxygen atoms in total. The largest absolute Gasteiger partial charge is 0.376 e. The van der Waals surface area contributed by atoms with Crippen LogP contribution < -0.4 is 5.32 Å². The molecule has 94 valence electrons. The molecule has 0 aromatic heterocycles. The molecule has 3 unspecified atom stereocenters. The standard InChI is InChI=1S/C13H26N2O/c1-10(8-14-13-4-5-13)12(3)15-6-7-16-11(2)9-15/h10-14H,4-9H2,1-3H3. The van der Waals surface area contributed by atoms with Gasteiger partial charge in [-0.2, -0.15) is 0 Å². The van der Waals surface area contributed by atoms with Crippen molar-refractivity contribution in [3.63, 3.8) is 0 Å². The molecule has 1 saturated heterocycles. The summed E-state index contributed by atoms with van der Waals surface area (Å²) in [6, 6.07) is 1.50. The van der Waals surface area contributed by atoms with Crippen LogP contribution in [-0.2, 0) is 4.74 Å². The number of morpholine rings is 1. The minimum Gasteiger partial charge on any atom is -0.376 e. The maximum absolute atomic E-state index is 5.59. The van der Waals surface area contributed by atoms with Crippen molar-refractivity contribution >= 4 is 0 Å². The summed E-state index contributed by atoms with van der Waals surface area (Å²) in [5, 5.41) is 3.63. The second kappa shape index (κ2) is 5.48. The lowest BCUT2D eigenvalue weighted by Crippen LogP contribution is -2.49. The van der Waals surface area contributed by atoms with Crippen molar-refractivity contribution in [2.45, 2.75) is 51.8 Å². The van der Waals surface area contributed by atoms with Crippen molar-refractivity contribution in [1.29, 1.82) is 0 Å². The number of nitrogens with zero attached hydrogens (tertiary/aromatic N) is 1. The van der Waals surface area contributed by atoms with Crippen LogP contribution in [0.4, 0.5) is 0 Å². The molecule has 1 N–H and O–H groups in total. The topological polar surface area (TPSA) is 24.5 Å². The van der Waals surface area contributed by atoms with Gasteiger partial charge in [-0.15, -0.1) is 0 Å². The van der Waals surface area contributed by atoms with Crippen molar-refractivity contribution in [2.24, 2.45) is 5.92 Å². The molecule has 1 aliphatic carbocycles. The lowest BCUT2D eigenvalue weighted by molar-refractivity contribution is -0.0389. The fourth-order valence-corrected chi connectivity index (χ4v) is 2.39. The highest BCUT2D eigenvalue weighted by atomic mass is 16.5. The van der Waals surface area contributed by atoms with Gasteiger partial charge in [0.2, 0.25) is 0 Å². The first-order valence-electron chi connectivity index (χ1n) is 6.76. The average Bonchev–Trinajstić information content (AvgIpc) is 3.08. The van der Waals surface area contributed by atoms with Crippen molar-refractivity contribution in [3.05, 3.63) is 0 Å². The number of rotatable bonds is 5. The fraction of sp³-hybridized carbons (Fsp3) is 1.00. The first-order valence-corrected chi connectivity index (χ1v) is 6.76. The molecular weight excluding hydrogens is 200 g/mol. The van der Waals surface area contributed by atoms with Crippen molar-refractivity contribution in [3.8, 4) is 0 Å². The predicted octanol–water partition coefficient (Wildman–Crippen LogP) is 1.48. The maximum Gasteiger partial charge on any atom is 0.0674 e. The van der Waals surface area contributed by atoms with E-state index in [-0.39, 0.29) is 0 Å². The molecule has 0 radical (unpaired) electrons. The highest BCUT2D eigenvalue weighted by Gasteiger charge is 2.27. The van der Waals surface area contributed by atoms with Crippen molar-refractivity contribution in [1.82, 2.24) is 10.2 Å². The Balaban J connectivity index is 1.72. The Labute approximate surface area is 99.5 Å². The van der Waals surface area contributed by atoms with Crippen LogP contribution in [0.15, 0.2) is 0 Å². The third-order valence-corrected chi connectivity index (χ3v) is 3.98. The quantitative estimate of drug-likeness (QED) is 0.768. The number of hydrogen-bond donors (Lipinski definition) is 1. The van der Waals surface area contributed by atoms with Gasteiger partial charge >= 0.3 is 0 Å². The van der Waals surface area contributed by atoms with Crippen LogP contribution in [0.25, 0.3) is 0 Å². The van der Waals surface area contributed by atoms with Crippen LogP contribution in [-0.4, -0.2) is 49.3 Å². The van der Waals surface area contributed by atoms with E-state index in [9.17, 15) is 0 Å². The summed E-state index contributed by atoms with van der Waals surface area (Å²) in [6.45, 7) is 11.1. The summed E-state index contributed by atoms with van der Waals surface area (Å²) in [5.41, 5.74) is 0. The van der Waals surface area contributed by atoms with Gasteiger partial charge < -0.3 is 10.1 Å². The van der Waals surface area contributed by atoms with Gasteiger partial charge in [0.05, 0.1) is 12.7 Å². The van der Waals surface area contributed by atoms with E-state index in [1.807, 2.05) is 0 Å². The van der Waals surface area contributed by atoms with Gasteiger partial charge in [0.1, 0.15) is 0 Å². The van der Waals surface area contributed by atoms with E-state index in [4.69, 9.17) is 4.74 Å². The van der Waals surface area contributed by atoms with Gasteiger partial charge in [0.25, 0.3) is 0 Å². The normalized spacial score (nSPS) is 31.3. The number of nitrogens with one attached hydrogen (secondary N) is 1. The Morgan fingerprint density at radius 2 is 2.12 bits per heavy atom. The van der Waals surface area contributed by atoms with E-state index in [0.717, 1.165) is 38.2 Å². The summed E-state index contributed by atoms with van der Waals surface area (Å²) in [6.07, 6.45) is 3.17. The SMILES string of the molecule is CC1CN(C(C)C(C)CNC2CC2)CCO1. The first kappa shape index (κ1) is 12.3. The van der Waals surface area contributed by atoms with Crippen LogP contribution in [0, 0.1) is 5.92 Å². The van der Waals surface area contributed by atoms with E-state index < -0.39 is 0 Å². The van der Waals surface area contributed by atoms with E-state index in [0.29, 0.717) is 12.1 Å². The highest BCUT2D eigenvalue weighted by Crippen LogP contribution is 2.20. The van der Waals surface area contributed by atoms with Crippen LogP contribution in [0.2, 0.25) is 0 Å². The van der Waals surface area contributed by atoms with Crippen LogP contribution in [0.5, 0.6) is 0 Å². The summed E-state index contributed by atoms with van der Waals surface area (Å²) < 4.78 is 5.59. The summed E-state index contributed by atoms with van der Waals surface area (Å²) in [7, 11) is 0. The molecule has 3 atom stereocenters. The Morgan fingerprint density at radius 1 is 1.38 bits per heavy atom. The third kappa shape index (κ3) is 3.44. The first-order chi connectivity index (χ1) is 7.66. The van der Waals surface area contributed by atoms with Gasteiger partial charge in [0, 0.05) is 25.2 Å². The molecule has 1 aliphatic heterocycles. The predicted molar refractivity (Wildman–Crippen MR) is 66.6 cm³/mol. The monoisotopic (exact) mass is 226 g/mol. The molecule has 0 spiro atoms. The minimum absolute atomic E-state index is 0.403. The molecule has 0 aromatic rings. The van der Waals surface area contributed by atoms with Crippen LogP contribution in [0.3, 0.4) is 0 Å². The fourth-order valence-electron chi connectivity index (χ4n) is 2.39. The molecule has 0 bridgehead atoms. The van der Waals surface area contributed by atoms with Gasteiger partial charge in [-0.25, -0.2) is 0 Å². The lowest BCUT2D eigenvalue weighted by Gasteiger charge is -2.38. The Hall–Kier alpha value is -0.120. The molecule has 0 aromatic carbocycles. The summed E-state index contributed by atoms with van der Waals surface area (Å²) in [5.74, 6) is 0.728. The highest BCUT2D eigenvalue weighted by molar-refractivity contribution is 4.84. The Morgan fingerprint density at radius 3 is 2.75 bits per heavy atom. The molecule has 2 aliphatic rings. The van der Waals surface area contributed by atoms with E-state index in [1.165, 1.54) is 12.8 Å². The van der Waals surface area contributed by atoms with E-state index >= 15 is 0 Å². The Kier molecular flexibility index (Phi) is 4.22. The Bertz CT molecular complexity index is 218. The summed E-state index contributed by atoms with van der Waals surface area (Å²) in [4.78, 5) is 2.58. The zero-order valence-corrected chi connectivity index (χ0v) is 10.9. The van der Waals surface area contributed by atoms with Gasteiger partial charge in [-0.1, -0.05) is 6.92 Å². The third-order valence-electron chi connectivity index (χ3n) is 3.98. The smallest absolute Gasteiger partial charge is 0.0674 e. The van der Waals surface area contributed by atoms with Crippen molar-refractivity contribution < 1.29 is 4.74 Å². The molecule has 2 fully saturated rings. The zero-order chi connectivity index (χ0) is 11.5. The molecule has 1 saturated carbocycles. The van der Waals surface area contributed by atoms with E-state index in [1.54, 1.807) is 0 Å². The van der Waals surface area contributed by atoms with Crippen molar-refractivity contribution in [2.75, 3.05) is 26.2 Å². The van der Waals surface area contributed by atoms with Gasteiger partial charge in [-0.3, -0.25) is 4.90 Å².